The largest absolute Gasteiger partial charge is 0.508 e. The average molecular weight is 315 g/mol. The molecule has 0 radical (unpaired) electrons. The number of phenolic OH excluding ortho intramolecular Hbond substituents is 1. The minimum Gasteiger partial charge on any atom is -0.508 e. The van der Waals surface area contributed by atoms with Crippen molar-refractivity contribution in [2.45, 2.75) is 18.9 Å². The topological polar surface area (TPSA) is 121 Å². The van der Waals surface area contributed by atoms with Gasteiger partial charge in [0.05, 0.1) is 12.2 Å². The van der Waals surface area contributed by atoms with Gasteiger partial charge in [-0.15, -0.1) is 0 Å². The first-order valence-corrected chi connectivity index (χ1v) is 8.21. The number of aliphatic carboxylic acids is 1. The standard InChI is InChI=1S/C13H17NO6S/c1-21(19,20)6-5-11(13(17)18)14-12(16)8-9-3-2-4-10(15)7-9/h2-4,7,11,15H,5-6,8H2,1H3,(H,14,16)(H,17,18). The molecule has 116 valence electrons. The van der Waals surface area contributed by atoms with Gasteiger partial charge in [-0.2, -0.15) is 0 Å². The van der Waals surface area contributed by atoms with Gasteiger partial charge in [0.1, 0.15) is 21.6 Å². The highest BCUT2D eigenvalue weighted by atomic mass is 32.2. The number of phenols is 1. The van der Waals surface area contributed by atoms with E-state index in [2.05, 4.69) is 5.32 Å². The Bertz CT molecular complexity index is 625. The SMILES string of the molecule is CS(=O)(=O)CCC(NC(=O)Cc1cccc(O)c1)C(=O)O. The average Bonchev–Trinajstić information content (AvgIpc) is 2.32. The molecule has 0 aliphatic rings. The van der Waals surface area contributed by atoms with Crippen molar-refractivity contribution < 1.29 is 28.2 Å². The molecule has 0 fully saturated rings. The van der Waals surface area contributed by atoms with Crippen LogP contribution in [0.15, 0.2) is 24.3 Å². The van der Waals surface area contributed by atoms with E-state index in [0.717, 1.165) is 6.26 Å². The summed E-state index contributed by atoms with van der Waals surface area (Å²) in [5.74, 6) is -2.16. The van der Waals surface area contributed by atoms with Crippen LogP contribution in [0.3, 0.4) is 0 Å². The third kappa shape index (κ3) is 6.75. The molecule has 1 rings (SSSR count). The summed E-state index contributed by atoms with van der Waals surface area (Å²) < 4.78 is 22.1. The second kappa shape index (κ2) is 7.07. The fraction of sp³-hybridized carbons (Fsp3) is 0.385. The van der Waals surface area contributed by atoms with Crippen molar-refractivity contribution >= 4 is 21.7 Å². The fourth-order valence-corrected chi connectivity index (χ4v) is 2.35. The van der Waals surface area contributed by atoms with Gasteiger partial charge in [0, 0.05) is 6.26 Å². The van der Waals surface area contributed by atoms with Gasteiger partial charge < -0.3 is 15.5 Å². The Morgan fingerprint density at radius 2 is 2.00 bits per heavy atom. The number of aromatic hydroxyl groups is 1. The maximum absolute atomic E-state index is 11.8. The van der Waals surface area contributed by atoms with Crippen molar-refractivity contribution in [3.05, 3.63) is 29.8 Å². The highest BCUT2D eigenvalue weighted by Gasteiger charge is 2.21. The number of amides is 1. The van der Waals surface area contributed by atoms with Crippen LogP contribution in [-0.2, 0) is 25.8 Å². The molecule has 0 bridgehead atoms. The Kier molecular flexibility index (Phi) is 5.71. The van der Waals surface area contributed by atoms with Crippen LogP contribution >= 0.6 is 0 Å². The molecule has 0 aliphatic carbocycles. The van der Waals surface area contributed by atoms with Crippen molar-refractivity contribution in [2.24, 2.45) is 0 Å². The molecule has 21 heavy (non-hydrogen) atoms. The van der Waals surface area contributed by atoms with Crippen molar-refractivity contribution in [3.63, 3.8) is 0 Å². The van der Waals surface area contributed by atoms with E-state index in [0.29, 0.717) is 5.56 Å². The summed E-state index contributed by atoms with van der Waals surface area (Å²) in [6.07, 6.45) is 0.706. The third-order valence-electron chi connectivity index (χ3n) is 2.69. The molecule has 1 atom stereocenters. The van der Waals surface area contributed by atoms with Gasteiger partial charge >= 0.3 is 5.97 Å². The van der Waals surface area contributed by atoms with Crippen LogP contribution in [0.2, 0.25) is 0 Å². The molecule has 0 heterocycles. The smallest absolute Gasteiger partial charge is 0.326 e. The van der Waals surface area contributed by atoms with Crippen LogP contribution in [0.1, 0.15) is 12.0 Å². The summed E-state index contributed by atoms with van der Waals surface area (Å²) in [6, 6.07) is 4.77. The van der Waals surface area contributed by atoms with Gasteiger partial charge in [0.15, 0.2) is 0 Å². The number of nitrogens with one attached hydrogen (secondary N) is 1. The van der Waals surface area contributed by atoms with E-state index >= 15 is 0 Å². The minimum atomic E-state index is -3.30. The molecule has 0 aliphatic heterocycles. The second-order valence-corrected chi connectivity index (χ2v) is 6.98. The van der Waals surface area contributed by atoms with E-state index < -0.39 is 27.8 Å². The lowest BCUT2D eigenvalue weighted by atomic mass is 10.1. The van der Waals surface area contributed by atoms with Gasteiger partial charge in [-0.3, -0.25) is 4.79 Å². The quantitative estimate of drug-likeness (QED) is 0.648. The molecule has 8 heteroatoms. The maximum Gasteiger partial charge on any atom is 0.326 e. The summed E-state index contributed by atoms with van der Waals surface area (Å²) >= 11 is 0. The Hall–Kier alpha value is -2.09. The molecule has 3 N–H and O–H groups in total. The summed E-state index contributed by atoms with van der Waals surface area (Å²) in [5.41, 5.74) is 0.528. The number of carbonyl (C=O) groups excluding carboxylic acids is 1. The van der Waals surface area contributed by atoms with Crippen molar-refractivity contribution in [3.8, 4) is 5.75 Å². The molecule has 0 spiro atoms. The number of rotatable bonds is 7. The molecular formula is C13H17NO6S. The fourth-order valence-electron chi connectivity index (χ4n) is 1.69. The van der Waals surface area contributed by atoms with Crippen molar-refractivity contribution in [1.29, 1.82) is 0 Å². The molecular weight excluding hydrogens is 298 g/mol. The summed E-state index contributed by atoms with van der Waals surface area (Å²) in [7, 11) is -3.30. The lowest BCUT2D eigenvalue weighted by molar-refractivity contribution is -0.141. The summed E-state index contributed by atoms with van der Waals surface area (Å²) in [4.78, 5) is 22.8. The predicted octanol–water partition coefficient (Wildman–Crippen LogP) is -0.0612. The number of hydrogen-bond acceptors (Lipinski definition) is 5. The van der Waals surface area contributed by atoms with Crippen molar-refractivity contribution in [1.82, 2.24) is 5.32 Å². The van der Waals surface area contributed by atoms with E-state index in [9.17, 15) is 23.1 Å². The molecule has 7 nitrogen and oxygen atoms in total. The lowest BCUT2D eigenvalue weighted by Gasteiger charge is -2.14. The van der Waals surface area contributed by atoms with E-state index in [1.54, 1.807) is 12.1 Å². The number of carboxylic acids is 1. The Labute approximate surface area is 122 Å². The van der Waals surface area contributed by atoms with E-state index in [-0.39, 0.29) is 24.3 Å². The zero-order chi connectivity index (χ0) is 16.0. The van der Waals surface area contributed by atoms with Crippen molar-refractivity contribution in [2.75, 3.05) is 12.0 Å². The first-order chi connectivity index (χ1) is 9.67. The summed E-state index contributed by atoms with van der Waals surface area (Å²) in [5, 5.41) is 20.5. The van der Waals surface area contributed by atoms with Crippen LogP contribution in [0, 0.1) is 0 Å². The zero-order valence-electron chi connectivity index (χ0n) is 11.4. The molecule has 1 amide bonds. The predicted molar refractivity (Wildman–Crippen MR) is 75.7 cm³/mol. The van der Waals surface area contributed by atoms with Gasteiger partial charge in [-0.1, -0.05) is 12.1 Å². The highest BCUT2D eigenvalue weighted by molar-refractivity contribution is 7.90. The first-order valence-electron chi connectivity index (χ1n) is 6.15. The van der Waals surface area contributed by atoms with Gasteiger partial charge in [-0.05, 0) is 24.1 Å². The molecule has 0 saturated heterocycles. The van der Waals surface area contributed by atoms with Gasteiger partial charge in [0.25, 0.3) is 0 Å². The Morgan fingerprint density at radius 3 is 2.52 bits per heavy atom. The molecule has 0 aromatic heterocycles. The van der Waals surface area contributed by atoms with Crippen LogP contribution in [-0.4, -0.2) is 48.6 Å². The number of carboxylic acid groups (broad SMARTS) is 1. The van der Waals surface area contributed by atoms with E-state index in [4.69, 9.17) is 5.11 Å². The Balaban J connectivity index is 2.62. The second-order valence-electron chi connectivity index (χ2n) is 4.72. The van der Waals surface area contributed by atoms with Crippen LogP contribution < -0.4 is 5.32 Å². The summed E-state index contributed by atoms with van der Waals surface area (Å²) in [6.45, 7) is 0. The monoisotopic (exact) mass is 315 g/mol. The normalized spacial score (nSPS) is 12.6. The number of sulfone groups is 1. The maximum atomic E-state index is 11.8. The minimum absolute atomic E-state index is 0.00663. The van der Waals surface area contributed by atoms with Crippen LogP contribution in [0.4, 0.5) is 0 Å². The van der Waals surface area contributed by atoms with Gasteiger partial charge in [0.2, 0.25) is 5.91 Å². The molecule has 1 aromatic rings. The van der Waals surface area contributed by atoms with Gasteiger partial charge in [-0.25, -0.2) is 13.2 Å². The highest BCUT2D eigenvalue weighted by Crippen LogP contribution is 2.11. The molecule has 1 aromatic carbocycles. The van der Waals surface area contributed by atoms with E-state index in [1.165, 1.54) is 12.1 Å². The number of benzene rings is 1. The number of carbonyl (C=O) groups is 2. The van der Waals surface area contributed by atoms with Crippen LogP contribution in [0.5, 0.6) is 5.75 Å². The molecule has 1 unspecified atom stereocenters. The van der Waals surface area contributed by atoms with Crippen LogP contribution in [0.25, 0.3) is 0 Å². The molecule has 0 saturated carbocycles. The third-order valence-corrected chi connectivity index (χ3v) is 3.66. The van der Waals surface area contributed by atoms with E-state index in [1.807, 2.05) is 0 Å². The zero-order valence-corrected chi connectivity index (χ0v) is 12.3. The number of hydrogen-bond donors (Lipinski definition) is 3. The Morgan fingerprint density at radius 1 is 1.33 bits per heavy atom. The first kappa shape index (κ1) is 17.0. The lowest BCUT2D eigenvalue weighted by Crippen LogP contribution is -2.42.